The standard InChI is InChI=1S/C23H19N3O4S2/c1-29-17-8-2-3-9-18(17)30-14-21(27)25-15-6-4-7-16(12-15)26-22(28)20-13-24-23(32-20)19-10-5-11-31-19/h2-13H,14H2,1H3,(H,25,27)(H,26,28). The van der Waals surface area contributed by atoms with E-state index in [2.05, 4.69) is 15.6 Å². The SMILES string of the molecule is COc1ccccc1OCC(=O)Nc1cccc(NC(=O)c2cnc(-c3cccs3)s2)c1. The molecule has 4 rings (SSSR count). The van der Waals surface area contributed by atoms with Crippen LogP contribution in [-0.4, -0.2) is 30.5 Å². The van der Waals surface area contributed by atoms with Crippen molar-refractivity contribution >= 4 is 45.9 Å². The molecule has 0 aliphatic carbocycles. The van der Waals surface area contributed by atoms with Gasteiger partial charge >= 0.3 is 0 Å². The molecule has 0 bridgehead atoms. The van der Waals surface area contributed by atoms with Gasteiger partial charge in [0.05, 0.1) is 18.2 Å². The number of hydrogen-bond donors (Lipinski definition) is 2. The smallest absolute Gasteiger partial charge is 0.267 e. The van der Waals surface area contributed by atoms with E-state index in [1.165, 1.54) is 18.4 Å². The van der Waals surface area contributed by atoms with E-state index in [0.29, 0.717) is 27.8 Å². The number of thiazole rings is 1. The largest absolute Gasteiger partial charge is 0.493 e. The third-order valence-corrected chi connectivity index (χ3v) is 6.33. The molecule has 0 saturated carbocycles. The number of para-hydroxylation sites is 2. The average Bonchev–Trinajstić information content (AvgIpc) is 3.50. The normalized spacial score (nSPS) is 10.4. The quantitative estimate of drug-likeness (QED) is 0.376. The average molecular weight is 466 g/mol. The number of thiophene rings is 1. The monoisotopic (exact) mass is 465 g/mol. The first kappa shape index (κ1) is 21.5. The van der Waals surface area contributed by atoms with E-state index in [9.17, 15) is 9.59 Å². The molecule has 0 fully saturated rings. The van der Waals surface area contributed by atoms with Crippen LogP contribution in [0, 0.1) is 0 Å². The summed E-state index contributed by atoms with van der Waals surface area (Å²) in [6, 6.07) is 17.9. The number of anilines is 2. The van der Waals surface area contributed by atoms with Crippen LogP contribution in [0.1, 0.15) is 9.67 Å². The lowest BCUT2D eigenvalue weighted by molar-refractivity contribution is -0.118. The van der Waals surface area contributed by atoms with Gasteiger partial charge in [0, 0.05) is 11.4 Å². The predicted molar refractivity (Wildman–Crippen MR) is 127 cm³/mol. The maximum Gasteiger partial charge on any atom is 0.267 e. The Morgan fingerprint density at radius 1 is 0.969 bits per heavy atom. The maximum atomic E-state index is 12.6. The van der Waals surface area contributed by atoms with E-state index >= 15 is 0 Å². The molecular weight excluding hydrogens is 446 g/mol. The molecular formula is C23H19N3O4S2. The molecule has 162 valence electrons. The second-order valence-electron chi connectivity index (χ2n) is 6.53. The second kappa shape index (κ2) is 10.1. The van der Waals surface area contributed by atoms with Gasteiger partial charge in [0.2, 0.25) is 0 Å². The van der Waals surface area contributed by atoms with Crippen molar-refractivity contribution in [1.29, 1.82) is 0 Å². The zero-order valence-electron chi connectivity index (χ0n) is 17.0. The zero-order valence-corrected chi connectivity index (χ0v) is 18.7. The molecule has 0 spiro atoms. The van der Waals surface area contributed by atoms with Gasteiger partial charge in [0.25, 0.3) is 11.8 Å². The number of ether oxygens (including phenoxy) is 2. The van der Waals surface area contributed by atoms with Crippen LogP contribution in [0.3, 0.4) is 0 Å². The van der Waals surface area contributed by atoms with Gasteiger partial charge in [-0.15, -0.1) is 22.7 Å². The number of nitrogens with zero attached hydrogens (tertiary/aromatic N) is 1. The van der Waals surface area contributed by atoms with Gasteiger partial charge in [-0.2, -0.15) is 0 Å². The molecule has 0 unspecified atom stereocenters. The Kier molecular flexibility index (Phi) is 6.78. The maximum absolute atomic E-state index is 12.6. The lowest BCUT2D eigenvalue weighted by Crippen LogP contribution is -2.20. The Bertz CT molecular complexity index is 1220. The highest BCUT2D eigenvalue weighted by molar-refractivity contribution is 7.22. The van der Waals surface area contributed by atoms with Crippen molar-refractivity contribution in [3.05, 3.63) is 77.1 Å². The van der Waals surface area contributed by atoms with Crippen molar-refractivity contribution in [2.45, 2.75) is 0 Å². The Hall–Kier alpha value is -3.69. The van der Waals surface area contributed by atoms with Gasteiger partial charge in [-0.05, 0) is 41.8 Å². The summed E-state index contributed by atoms with van der Waals surface area (Å²) in [5, 5.41) is 8.38. The molecule has 7 nitrogen and oxygen atoms in total. The van der Waals surface area contributed by atoms with Crippen LogP contribution in [0.15, 0.2) is 72.2 Å². The second-order valence-corrected chi connectivity index (χ2v) is 8.51. The molecule has 0 aliphatic rings. The fourth-order valence-corrected chi connectivity index (χ4v) is 4.45. The Morgan fingerprint density at radius 2 is 1.75 bits per heavy atom. The molecule has 0 atom stereocenters. The number of nitrogens with one attached hydrogen (secondary N) is 2. The molecule has 2 aromatic carbocycles. The van der Waals surface area contributed by atoms with Crippen LogP contribution >= 0.6 is 22.7 Å². The number of amides is 2. The summed E-state index contributed by atoms with van der Waals surface area (Å²) in [5.74, 6) is 0.448. The van der Waals surface area contributed by atoms with Gasteiger partial charge < -0.3 is 20.1 Å². The number of aromatic nitrogens is 1. The molecule has 2 N–H and O–H groups in total. The summed E-state index contributed by atoms with van der Waals surface area (Å²) in [6.07, 6.45) is 1.57. The van der Waals surface area contributed by atoms with Crippen LogP contribution in [0.25, 0.3) is 9.88 Å². The first-order valence-corrected chi connectivity index (χ1v) is 11.3. The number of carbonyl (C=O) groups is 2. The van der Waals surface area contributed by atoms with Gasteiger partial charge in [-0.25, -0.2) is 4.98 Å². The summed E-state index contributed by atoms with van der Waals surface area (Å²) < 4.78 is 10.7. The first-order valence-electron chi connectivity index (χ1n) is 9.59. The molecule has 2 heterocycles. The summed E-state index contributed by atoms with van der Waals surface area (Å²) in [4.78, 5) is 30.7. The zero-order chi connectivity index (χ0) is 22.3. The lowest BCUT2D eigenvalue weighted by atomic mass is 10.2. The third kappa shape index (κ3) is 5.32. The summed E-state index contributed by atoms with van der Waals surface area (Å²) in [7, 11) is 1.54. The van der Waals surface area contributed by atoms with Crippen LogP contribution in [0.4, 0.5) is 11.4 Å². The topological polar surface area (TPSA) is 89.5 Å². The highest BCUT2D eigenvalue weighted by atomic mass is 32.1. The van der Waals surface area contributed by atoms with Crippen molar-refractivity contribution in [1.82, 2.24) is 4.98 Å². The summed E-state index contributed by atoms with van der Waals surface area (Å²) >= 11 is 2.91. The third-order valence-electron chi connectivity index (χ3n) is 4.29. The van der Waals surface area contributed by atoms with Crippen molar-refractivity contribution in [2.24, 2.45) is 0 Å². The lowest BCUT2D eigenvalue weighted by Gasteiger charge is -2.11. The Labute approximate surface area is 192 Å². The van der Waals surface area contributed by atoms with Crippen molar-refractivity contribution in [3.8, 4) is 21.4 Å². The van der Waals surface area contributed by atoms with E-state index in [1.807, 2.05) is 23.6 Å². The van der Waals surface area contributed by atoms with Crippen LogP contribution in [-0.2, 0) is 4.79 Å². The van der Waals surface area contributed by atoms with Crippen molar-refractivity contribution in [2.75, 3.05) is 24.4 Å². The minimum atomic E-state index is -0.331. The summed E-state index contributed by atoms with van der Waals surface area (Å²) in [5.41, 5.74) is 1.10. The van der Waals surface area contributed by atoms with Gasteiger partial charge in [0.1, 0.15) is 9.88 Å². The molecule has 0 aliphatic heterocycles. The Morgan fingerprint density at radius 3 is 2.50 bits per heavy atom. The molecule has 0 saturated heterocycles. The van der Waals surface area contributed by atoms with Crippen LogP contribution in [0.5, 0.6) is 11.5 Å². The predicted octanol–water partition coefficient (Wildman–Crippen LogP) is 5.15. The molecule has 4 aromatic rings. The van der Waals surface area contributed by atoms with Gasteiger partial charge in [-0.3, -0.25) is 9.59 Å². The highest BCUT2D eigenvalue weighted by Crippen LogP contribution is 2.29. The molecule has 9 heteroatoms. The van der Waals surface area contributed by atoms with Crippen molar-refractivity contribution < 1.29 is 19.1 Å². The van der Waals surface area contributed by atoms with E-state index in [0.717, 1.165) is 9.88 Å². The van der Waals surface area contributed by atoms with E-state index in [4.69, 9.17) is 9.47 Å². The highest BCUT2D eigenvalue weighted by Gasteiger charge is 2.13. The molecule has 0 radical (unpaired) electrons. The number of benzene rings is 2. The fourth-order valence-electron chi connectivity index (χ4n) is 2.84. The number of hydrogen-bond acceptors (Lipinski definition) is 7. The molecule has 2 aromatic heterocycles. The minimum Gasteiger partial charge on any atom is -0.493 e. The first-order chi connectivity index (χ1) is 15.6. The van der Waals surface area contributed by atoms with Crippen LogP contribution in [0.2, 0.25) is 0 Å². The van der Waals surface area contributed by atoms with E-state index in [1.54, 1.807) is 60.0 Å². The number of rotatable bonds is 8. The number of carbonyl (C=O) groups excluding carboxylic acids is 2. The summed E-state index contributed by atoms with van der Waals surface area (Å²) in [6.45, 7) is -0.177. The van der Waals surface area contributed by atoms with Crippen molar-refractivity contribution in [3.63, 3.8) is 0 Å². The Balaban J connectivity index is 1.35. The molecule has 32 heavy (non-hydrogen) atoms. The van der Waals surface area contributed by atoms with E-state index in [-0.39, 0.29) is 18.4 Å². The van der Waals surface area contributed by atoms with Gasteiger partial charge in [-0.1, -0.05) is 24.3 Å². The van der Waals surface area contributed by atoms with E-state index < -0.39 is 0 Å². The molecule has 2 amide bonds. The van der Waals surface area contributed by atoms with Gasteiger partial charge in [0.15, 0.2) is 18.1 Å². The minimum absolute atomic E-state index is 0.177. The fraction of sp³-hybridized carbons (Fsp3) is 0.0870. The van der Waals surface area contributed by atoms with Crippen LogP contribution < -0.4 is 20.1 Å². The number of methoxy groups -OCH3 is 1.